The Morgan fingerprint density at radius 3 is 1.96 bits per heavy atom. The van der Waals surface area contributed by atoms with Gasteiger partial charge in [0.15, 0.2) is 0 Å². The molecule has 0 aliphatic heterocycles. The van der Waals surface area contributed by atoms with Crippen LogP contribution >= 0.6 is 45.3 Å². The Bertz CT molecular complexity index is 1010. The molecule has 3 heteroatoms. The van der Waals surface area contributed by atoms with Gasteiger partial charge in [-0.1, -0.05) is 59.7 Å². The third kappa shape index (κ3) is 3.59. The molecule has 0 saturated carbocycles. The SMILES string of the molecule is Cc1ccc(-c2csc(-c3sc(I)cc3-c3ccc(C)cc3)c2)cc1. The van der Waals surface area contributed by atoms with Gasteiger partial charge < -0.3 is 0 Å². The van der Waals surface area contributed by atoms with Crippen molar-refractivity contribution in [3.05, 3.63) is 80.1 Å². The predicted molar refractivity (Wildman–Crippen MR) is 121 cm³/mol. The van der Waals surface area contributed by atoms with E-state index in [0.717, 1.165) is 0 Å². The summed E-state index contributed by atoms with van der Waals surface area (Å²) in [6, 6.07) is 22.2. The van der Waals surface area contributed by atoms with Crippen molar-refractivity contribution < 1.29 is 0 Å². The first-order valence-corrected chi connectivity index (χ1v) is 10.9. The molecular formula is C22H17IS2. The average Bonchev–Trinajstić information content (AvgIpc) is 3.23. The fourth-order valence-electron chi connectivity index (χ4n) is 2.84. The summed E-state index contributed by atoms with van der Waals surface area (Å²) in [5.41, 5.74) is 7.83. The fourth-order valence-corrected chi connectivity index (χ4v) is 5.77. The van der Waals surface area contributed by atoms with E-state index in [9.17, 15) is 0 Å². The molecule has 25 heavy (non-hydrogen) atoms. The van der Waals surface area contributed by atoms with Crippen LogP contribution in [0.1, 0.15) is 11.1 Å². The molecule has 0 nitrogen and oxygen atoms in total. The number of halogens is 1. The van der Waals surface area contributed by atoms with Crippen molar-refractivity contribution in [1.82, 2.24) is 0 Å². The molecule has 0 atom stereocenters. The van der Waals surface area contributed by atoms with E-state index in [0.29, 0.717) is 0 Å². The van der Waals surface area contributed by atoms with E-state index in [2.05, 4.69) is 102 Å². The van der Waals surface area contributed by atoms with Crippen LogP contribution in [0.5, 0.6) is 0 Å². The summed E-state index contributed by atoms with van der Waals surface area (Å²) in [5.74, 6) is 0. The van der Waals surface area contributed by atoms with Gasteiger partial charge in [0.25, 0.3) is 0 Å². The van der Waals surface area contributed by atoms with Crippen molar-refractivity contribution in [3.63, 3.8) is 0 Å². The summed E-state index contributed by atoms with van der Waals surface area (Å²) >= 11 is 6.14. The van der Waals surface area contributed by atoms with E-state index in [4.69, 9.17) is 0 Å². The largest absolute Gasteiger partial charge is 0.142 e. The number of aryl methyl sites for hydroxylation is 2. The maximum atomic E-state index is 2.43. The summed E-state index contributed by atoms with van der Waals surface area (Å²) in [6.45, 7) is 4.26. The van der Waals surface area contributed by atoms with Crippen LogP contribution in [0.4, 0.5) is 0 Å². The number of rotatable bonds is 3. The van der Waals surface area contributed by atoms with E-state index in [1.54, 1.807) is 0 Å². The second kappa shape index (κ2) is 7.06. The zero-order valence-corrected chi connectivity index (χ0v) is 17.8. The first kappa shape index (κ1) is 17.0. The normalized spacial score (nSPS) is 11.0. The lowest BCUT2D eigenvalue weighted by Gasteiger charge is -2.03. The van der Waals surface area contributed by atoms with Crippen LogP contribution in [-0.2, 0) is 0 Å². The first-order valence-electron chi connectivity index (χ1n) is 8.12. The number of thiophene rings is 2. The predicted octanol–water partition coefficient (Wildman–Crippen LogP) is 8.03. The van der Waals surface area contributed by atoms with E-state index < -0.39 is 0 Å². The van der Waals surface area contributed by atoms with Crippen molar-refractivity contribution in [2.75, 3.05) is 0 Å². The van der Waals surface area contributed by atoms with Gasteiger partial charge in [0.1, 0.15) is 0 Å². The second-order valence-corrected chi connectivity index (χ2v) is 10.1. The smallest absolute Gasteiger partial charge is 0.0666 e. The molecule has 2 aromatic heterocycles. The van der Waals surface area contributed by atoms with E-state index in [1.165, 1.54) is 46.0 Å². The van der Waals surface area contributed by atoms with Gasteiger partial charge in [0.05, 0.1) is 7.76 Å². The van der Waals surface area contributed by atoms with Crippen molar-refractivity contribution >= 4 is 45.3 Å². The van der Waals surface area contributed by atoms with Crippen LogP contribution < -0.4 is 0 Å². The molecule has 2 heterocycles. The van der Waals surface area contributed by atoms with Gasteiger partial charge in [-0.25, -0.2) is 0 Å². The van der Waals surface area contributed by atoms with Gasteiger partial charge >= 0.3 is 0 Å². The number of hydrogen-bond acceptors (Lipinski definition) is 2. The molecule has 4 aromatic rings. The quantitative estimate of drug-likeness (QED) is 0.265. The molecule has 0 aliphatic rings. The lowest BCUT2D eigenvalue weighted by molar-refractivity contribution is 1.47. The highest BCUT2D eigenvalue weighted by Gasteiger charge is 2.14. The van der Waals surface area contributed by atoms with Crippen LogP contribution in [0, 0.1) is 16.7 Å². The van der Waals surface area contributed by atoms with Crippen LogP contribution in [0.15, 0.2) is 66.0 Å². The second-order valence-electron chi connectivity index (χ2n) is 6.22. The van der Waals surface area contributed by atoms with Crippen LogP contribution in [-0.4, -0.2) is 0 Å². The molecule has 124 valence electrons. The minimum absolute atomic E-state index is 1.29. The molecule has 0 saturated heterocycles. The molecule has 0 spiro atoms. The summed E-state index contributed by atoms with van der Waals surface area (Å²) in [5, 5.41) is 2.27. The van der Waals surface area contributed by atoms with E-state index in [1.807, 2.05) is 22.7 Å². The first-order chi connectivity index (χ1) is 12.1. The maximum Gasteiger partial charge on any atom is 0.0666 e. The molecule has 0 fully saturated rings. The van der Waals surface area contributed by atoms with E-state index in [-0.39, 0.29) is 0 Å². The zero-order valence-electron chi connectivity index (χ0n) is 14.0. The topological polar surface area (TPSA) is 0 Å². The summed E-state index contributed by atoms with van der Waals surface area (Å²) in [6.07, 6.45) is 0. The van der Waals surface area contributed by atoms with Crippen molar-refractivity contribution in [1.29, 1.82) is 0 Å². The fraction of sp³-hybridized carbons (Fsp3) is 0.0909. The van der Waals surface area contributed by atoms with Crippen molar-refractivity contribution in [3.8, 4) is 32.0 Å². The Balaban J connectivity index is 1.76. The monoisotopic (exact) mass is 472 g/mol. The molecule has 0 N–H and O–H groups in total. The highest BCUT2D eigenvalue weighted by atomic mass is 127. The van der Waals surface area contributed by atoms with Gasteiger partial charge in [-0.05, 0) is 70.6 Å². The Labute approximate surface area is 170 Å². The third-order valence-electron chi connectivity index (χ3n) is 4.27. The Morgan fingerprint density at radius 2 is 1.32 bits per heavy atom. The van der Waals surface area contributed by atoms with Crippen LogP contribution in [0.2, 0.25) is 0 Å². The molecule has 0 amide bonds. The summed E-state index contributed by atoms with van der Waals surface area (Å²) < 4.78 is 1.33. The molecule has 0 aliphatic carbocycles. The van der Waals surface area contributed by atoms with Crippen molar-refractivity contribution in [2.24, 2.45) is 0 Å². The highest BCUT2D eigenvalue weighted by Crippen LogP contribution is 2.43. The Kier molecular flexibility index (Phi) is 4.80. The molecule has 2 aromatic carbocycles. The maximum absolute atomic E-state index is 2.43. The van der Waals surface area contributed by atoms with Gasteiger partial charge in [0.2, 0.25) is 0 Å². The average molecular weight is 472 g/mol. The molecule has 0 bridgehead atoms. The van der Waals surface area contributed by atoms with Gasteiger partial charge in [-0.2, -0.15) is 0 Å². The minimum Gasteiger partial charge on any atom is -0.142 e. The number of hydrogen-bond donors (Lipinski definition) is 0. The Hall–Kier alpha value is -1.43. The zero-order chi connectivity index (χ0) is 17.4. The Morgan fingerprint density at radius 1 is 0.720 bits per heavy atom. The molecular weight excluding hydrogens is 455 g/mol. The molecule has 0 radical (unpaired) electrons. The van der Waals surface area contributed by atoms with Gasteiger partial charge in [0, 0.05) is 10.4 Å². The summed E-state index contributed by atoms with van der Waals surface area (Å²) in [7, 11) is 0. The molecule has 0 unspecified atom stereocenters. The highest BCUT2D eigenvalue weighted by molar-refractivity contribution is 14.1. The van der Waals surface area contributed by atoms with Crippen LogP contribution in [0.25, 0.3) is 32.0 Å². The van der Waals surface area contributed by atoms with Gasteiger partial charge in [-0.3, -0.25) is 0 Å². The third-order valence-corrected chi connectivity index (χ3v) is 7.28. The summed E-state index contributed by atoms with van der Waals surface area (Å²) in [4.78, 5) is 2.72. The minimum atomic E-state index is 1.29. The van der Waals surface area contributed by atoms with Gasteiger partial charge in [-0.15, -0.1) is 22.7 Å². The molecule has 4 rings (SSSR count). The van der Waals surface area contributed by atoms with Crippen LogP contribution in [0.3, 0.4) is 0 Å². The lowest BCUT2D eigenvalue weighted by Crippen LogP contribution is -1.78. The number of benzene rings is 2. The van der Waals surface area contributed by atoms with Crippen molar-refractivity contribution in [2.45, 2.75) is 13.8 Å². The lowest BCUT2D eigenvalue weighted by atomic mass is 10.0. The standard InChI is InChI=1S/C22H17IS2/c1-14-3-7-16(8-4-14)18-11-20(24-13-18)22-19(12-21(23)25-22)17-9-5-15(2)6-10-17/h3-13H,1-2H3. The van der Waals surface area contributed by atoms with E-state index >= 15 is 0 Å².